The van der Waals surface area contributed by atoms with Crippen molar-refractivity contribution < 1.29 is 22.8 Å². The highest BCUT2D eigenvalue weighted by Crippen LogP contribution is 2.30. The van der Waals surface area contributed by atoms with Crippen LogP contribution >= 0.6 is 11.8 Å². The quantitative estimate of drug-likeness (QED) is 0.317. The van der Waals surface area contributed by atoms with Crippen molar-refractivity contribution in [2.45, 2.75) is 38.1 Å². The molecule has 184 valence electrons. The number of para-hydroxylation sites is 1. The molecule has 0 saturated heterocycles. The van der Waals surface area contributed by atoms with Gasteiger partial charge in [0.25, 0.3) is 0 Å². The molecule has 7 nitrogen and oxygen atoms in total. The molecule has 1 heterocycles. The summed E-state index contributed by atoms with van der Waals surface area (Å²) in [5, 5.41) is 13.9. The van der Waals surface area contributed by atoms with E-state index >= 15 is 0 Å². The van der Waals surface area contributed by atoms with Crippen molar-refractivity contribution in [2.75, 3.05) is 16.4 Å². The Morgan fingerprint density at radius 1 is 1.06 bits per heavy atom. The van der Waals surface area contributed by atoms with E-state index in [-0.39, 0.29) is 23.8 Å². The van der Waals surface area contributed by atoms with Crippen molar-refractivity contribution in [3.63, 3.8) is 0 Å². The summed E-state index contributed by atoms with van der Waals surface area (Å²) in [4.78, 5) is 25.0. The number of hydrogen-bond donors (Lipinski definition) is 2. The molecule has 0 saturated carbocycles. The number of anilines is 2. The summed E-state index contributed by atoms with van der Waals surface area (Å²) >= 11 is 1.16. The maximum absolute atomic E-state index is 12.9. The lowest BCUT2D eigenvalue weighted by atomic mass is 10.1. The summed E-state index contributed by atoms with van der Waals surface area (Å²) in [6.07, 6.45) is -3.13. The predicted molar refractivity (Wildman–Crippen MR) is 129 cm³/mol. The monoisotopic (exact) mass is 503 g/mol. The molecule has 3 aromatic rings. The molecule has 0 atom stereocenters. The van der Waals surface area contributed by atoms with Crippen LogP contribution in [0.1, 0.15) is 22.5 Å². The highest BCUT2D eigenvalue weighted by atomic mass is 32.2. The van der Waals surface area contributed by atoms with Crippen molar-refractivity contribution in [3.8, 4) is 0 Å². The molecule has 0 aliphatic rings. The summed E-state index contributed by atoms with van der Waals surface area (Å²) < 4.78 is 40.4. The number of aryl methyl sites for hydroxylation is 2. The van der Waals surface area contributed by atoms with Crippen LogP contribution in [0, 0.1) is 13.8 Å². The van der Waals surface area contributed by atoms with Gasteiger partial charge in [-0.25, -0.2) is 0 Å². The largest absolute Gasteiger partial charge is 0.416 e. The van der Waals surface area contributed by atoms with Gasteiger partial charge in [-0.2, -0.15) is 13.2 Å². The minimum absolute atomic E-state index is 0.0254. The van der Waals surface area contributed by atoms with Crippen LogP contribution < -0.4 is 10.6 Å². The van der Waals surface area contributed by atoms with Crippen molar-refractivity contribution >= 4 is 35.0 Å². The van der Waals surface area contributed by atoms with Crippen molar-refractivity contribution in [3.05, 3.63) is 77.6 Å². The Kier molecular flexibility index (Phi) is 8.34. The minimum atomic E-state index is -4.51. The summed E-state index contributed by atoms with van der Waals surface area (Å²) in [6.45, 7) is 7.81. The molecule has 0 fully saturated rings. The van der Waals surface area contributed by atoms with Crippen molar-refractivity contribution in [1.82, 2.24) is 14.8 Å². The number of hydrogen-bond acceptors (Lipinski definition) is 5. The maximum atomic E-state index is 12.9. The summed E-state index contributed by atoms with van der Waals surface area (Å²) in [7, 11) is 0. The van der Waals surface area contributed by atoms with E-state index in [1.54, 1.807) is 10.6 Å². The van der Waals surface area contributed by atoms with E-state index < -0.39 is 17.6 Å². The highest BCUT2D eigenvalue weighted by Gasteiger charge is 2.30. The fraction of sp³-hybridized carbons (Fsp3) is 0.250. The summed E-state index contributed by atoms with van der Waals surface area (Å²) in [6, 6.07) is 10.1. The molecule has 0 aliphatic heterocycles. The molecule has 0 radical (unpaired) electrons. The Morgan fingerprint density at radius 3 is 2.40 bits per heavy atom. The number of benzene rings is 2. The van der Waals surface area contributed by atoms with Crippen LogP contribution in [-0.2, 0) is 28.7 Å². The van der Waals surface area contributed by atoms with E-state index in [0.29, 0.717) is 17.5 Å². The number of carbonyl (C=O) groups excluding carboxylic acids is 2. The molecule has 0 bridgehead atoms. The van der Waals surface area contributed by atoms with Crippen molar-refractivity contribution in [2.24, 2.45) is 0 Å². The minimum Gasteiger partial charge on any atom is -0.326 e. The van der Waals surface area contributed by atoms with Gasteiger partial charge in [-0.15, -0.1) is 16.8 Å². The maximum Gasteiger partial charge on any atom is 0.416 e. The molecule has 35 heavy (non-hydrogen) atoms. The number of carbonyl (C=O) groups is 2. The molecule has 2 amide bonds. The van der Waals surface area contributed by atoms with Crippen LogP contribution in [0.2, 0.25) is 0 Å². The number of thioether (sulfide) groups is 1. The number of alkyl halides is 3. The average molecular weight is 504 g/mol. The number of rotatable bonds is 9. The zero-order chi connectivity index (χ0) is 25.6. The lowest BCUT2D eigenvalue weighted by Crippen LogP contribution is -2.19. The van der Waals surface area contributed by atoms with E-state index in [4.69, 9.17) is 0 Å². The van der Waals surface area contributed by atoms with Gasteiger partial charge < -0.3 is 15.2 Å². The second kappa shape index (κ2) is 11.2. The van der Waals surface area contributed by atoms with E-state index in [1.807, 2.05) is 32.0 Å². The lowest BCUT2D eigenvalue weighted by Gasteiger charge is -2.12. The molecule has 2 aromatic carbocycles. The lowest BCUT2D eigenvalue weighted by molar-refractivity contribution is -0.137. The van der Waals surface area contributed by atoms with E-state index in [1.165, 1.54) is 12.1 Å². The van der Waals surface area contributed by atoms with Gasteiger partial charge in [0.2, 0.25) is 11.8 Å². The number of aromatic nitrogens is 3. The molecule has 2 N–H and O–H groups in total. The van der Waals surface area contributed by atoms with Gasteiger partial charge in [-0.1, -0.05) is 42.1 Å². The number of halogens is 3. The normalized spacial score (nSPS) is 11.2. The molecule has 3 rings (SSSR count). The molecule has 11 heteroatoms. The first-order valence-corrected chi connectivity index (χ1v) is 11.6. The van der Waals surface area contributed by atoms with Gasteiger partial charge in [0.15, 0.2) is 5.16 Å². The Hall–Kier alpha value is -3.60. The summed E-state index contributed by atoms with van der Waals surface area (Å²) in [5.41, 5.74) is 1.83. The van der Waals surface area contributed by atoms with Crippen LogP contribution in [-0.4, -0.2) is 32.3 Å². The van der Waals surface area contributed by atoms with Gasteiger partial charge in [-0.3, -0.25) is 9.59 Å². The standard InChI is InChI=1S/C24H24F3N5O2S/c1-4-11-32-19(13-20(33)28-18-10-6-9-17(12-18)24(25,26)27)30-31-23(32)35-14-21(34)29-22-15(2)7-5-8-16(22)3/h4-10,12H,1,11,13-14H2,2-3H3,(H,28,33)(H,29,34). The van der Waals surface area contributed by atoms with E-state index in [2.05, 4.69) is 27.4 Å². The summed E-state index contributed by atoms with van der Waals surface area (Å²) in [5.74, 6) is -0.401. The van der Waals surface area contributed by atoms with Gasteiger partial charge in [0.1, 0.15) is 5.82 Å². The highest BCUT2D eigenvalue weighted by molar-refractivity contribution is 7.99. The first kappa shape index (κ1) is 26.0. The molecule has 1 aromatic heterocycles. The van der Waals surface area contributed by atoms with Gasteiger partial charge >= 0.3 is 6.18 Å². The zero-order valence-electron chi connectivity index (χ0n) is 19.1. The number of nitrogens with zero attached hydrogens (tertiary/aromatic N) is 3. The third-order valence-electron chi connectivity index (χ3n) is 4.98. The number of amides is 2. The molecule has 0 unspecified atom stereocenters. The van der Waals surface area contributed by atoms with Crippen LogP contribution in [0.3, 0.4) is 0 Å². The van der Waals surface area contributed by atoms with Crippen LogP contribution in [0.5, 0.6) is 0 Å². The Balaban J connectivity index is 1.65. The molecular formula is C24H24F3N5O2S. The van der Waals surface area contributed by atoms with Gasteiger partial charge in [0, 0.05) is 17.9 Å². The van der Waals surface area contributed by atoms with Crippen LogP contribution in [0.15, 0.2) is 60.3 Å². The fourth-order valence-electron chi connectivity index (χ4n) is 3.31. The van der Waals surface area contributed by atoms with Crippen molar-refractivity contribution in [1.29, 1.82) is 0 Å². The van der Waals surface area contributed by atoms with E-state index in [0.717, 1.165) is 40.7 Å². The first-order valence-electron chi connectivity index (χ1n) is 10.6. The fourth-order valence-corrected chi connectivity index (χ4v) is 4.07. The third kappa shape index (κ3) is 6.95. The zero-order valence-corrected chi connectivity index (χ0v) is 20.0. The smallest absolute Gasteiger partial charge is 0.326 e. The topological polar surface area (TPSA) is 88.9 Å². The average Bonchev–Trinajstić information content (AvgIpc) is 3.16. The number of nitrogens with one attached hydrogen (secondary N) is 2. The Labute approximate surface area is 204 Å². The van der Waals surface area contributed by atoms with Gasteiger partial charge in [0.05, 0.1) is 17.7 Å². The second-order valence-electron chi connectivity index (χ2n) is 7.71. The van der Waals surface area contributed by atoms with Crippen LogP contribution in [0.25, 0.3) is 0 Å². The van der Waals surface area contributed by atoms with Gasteiger partial charge in [-0.05, 0) is 43.2 Å². The molecular weight excluding hydrogens is 479 g/mol. The Bertz CT molecular complexity index is 1220. The predicted octanol–water partition coefficient (Wildman–Crippen LogP) is 5.01. The number of allylic oxidation sites excluding steroid dienone is 1. The SMILES string of the molecule is C=CCn1c(CC(=O)Nc2cccc(C(F)(F)F)c2)nnc1SCC(=O)Nc1c(C)cccc1C. The third-order valence-corrected chi connectivity index (χ3v) is 5.94. The second-order valence-corrected chi connectivity index (χ2v) is 8.65. The van der Waals surface area contributed by atoms with E-state index in [9.17, 15) is 22.8 Å². The Morgan fingerprint density at radius 2 is 1.74 bits per heavy atom. The first-order chi connectivity index (χ1) is 16.6. The molecule has 0 spiro atoms. The van der Waals surface area contributed by atoms with Crippen LogP contribution in [0.4, 0.5) is 24.5 Å². The molecule has 0 aliphatic carbocycles.